The van der Waals surface area contributed by atoms with E-state index < -0.39 is 35.4 Å². The van der Waals surface area contributed by atoms with E-state index in [9.17, 15) is 29.7 Å². The first-order chi connectivity index (χ1) is 33.2. The number of aliphatic hydroxyl groups excluding tert-OH is 2. The molecule has 4 fully saturated rings. The number of nitrogens with one attached hydrogen (secondary N) is 3. The van der Waals surface area contributed by atoms with Crippen molar-refractivity contribution in [2.24, 2.45) is 5.41 Å². The van der Waals surface area contributed by atoms with E-state index in [1.54, 1.807) is 35.2 Å². The summed E-state index contributed by atoms with van der Waals surface area (Å²) in [6, 6.07) is 12.2. The minimum Gasteiger partial charge on any atom is -0.507 e. The number of fused-ring (bicyclic) bond motifs is 3. The zero-order valence-corrected chi connectivity index (χ0v) is 40.1. The number of para-hydroxylation sites is 1. The molecule has 6 N–H and O–H groups in total. The number of amides is 4. The van der Waals surface area contributed by atoms with Crippen molar-refractivity contribution in [3.63, 3.8) is 0 Å². The number of aromatic hydroxyl groups is 1. The van der Waals surface area contributed by atoms with Gasteiger partial charge in [-0.25, -0.2) is 14.8 Å². The lowest BCUT2D eigenvalue weighted by Crippen LogP contribution is -2.60. The highest BCUT2D eigenvalue weighted by Crippen LogP contribution is 2.45. The topological polar surface area (TPSA) is 213 Å². The van der Waals surface area contributed by atoms with Crippen LogP contribution in [0.1, 0.15) is 93.4 Å². The molecule has 0 saturated carbocycles. The Morgan fingerprint density at radius 2 is 1.71 bits per heavy atom. The number of urea groups is 1. The van der Waals surface area contributed by atoms with Crippen molar-refractivity contribution in [3.8, 4) is 29.4 Å². The number of benzene rings is 2. The van der Waals surface area contributed by atoms with E-state index in [0.29, 0.717) is 70.8 Å². The van der Waals surface area contributed by atoms with Crippen molar-refractivity contribution in [2.75, 3.05) is 56.1 Å². The summed E-state index contributed by atoms with van der Waals surface area (Å²) in [5.41, 5.74) is 3.86. The van der Waals surface area contributed by atoms with E-state index in [4.69, 9.17) is 28.0 Å². The van der Waals surface area contributed by atoms with Gasteiger partial charge in [-0.05, 0) is 98.0 Å². The van der Waals surface area contributed by atoms with Gasteiger partial charge in [-0.2, -0.15) is 0 Å². The molecule has 69 heavy (non-hydrogen) atoms. The zero-order valence-electron chi connectivity index (χ0n) is 39.4. The molecule has 4 saturated heterocycles. The molecular weight excluding hydrogens is 898 g/mol. The number of terminal acetylenes is 1. The minimum absolute atomic E-state index is 0.0164. The van der Waals surface area contributed by atoms with Crippen molar-refractivity contribution in [1.29, 1.82) is 0 Å². The highest BCUT2D eigenvalue weighted by molar-refractivity contribution is 6.31. The van der Waals surface area contributed by atoms with Crippen molar-refractivity contribution < 1.29 is 29.7 Å². The number of anilines is 2. The molecule has 9 rings (SSSR count). The fourth-order valence-electron chi connectivity index (χ4n) is 11.0. The summed E-state index contributed by atoms with van der Waals surface area (Å²) in [6.07, 6.45) is 12.9. The quantitative estimate of drug-likeness (QED) is 0.121. The molecule has 18 heteroatoms. The number of hydrogen-bond acceptors (Lipinski definition) is 13. The molecule has 5 aliphatic rings. The SMILES string of the molecule is C#Cc1ccc(CNC(=O)[C@@H]2C[C@@H](O)CN2C(=O)[C@@H](NC(=O)N2CCC(N3CCC(c4cnc(N5CCC6Nc7nnc(-c8ccccc8O)cc7C6[C@H]5CO)nc4)CC3)CC2)C(C)(C)C)c(Cl)c1. The Hall–Kier alpha value is -6.06. The summed E-state index contributed by atoms with van der Waals surface area (Å²) in [5, 5.41) is 50.6. The average molecular weight is 961 g/mol. The molecule has 4 aromatic rings. The molecule has 4 amide bonds. The number of hydrogen-bond donors (Lipinski definition) is 6. The molecule has 2 aromatic carbocycles. The van der Waals surface area contributed by atoms with Crippen LogP contribution in [0.4, 0.5) is 16.6 Å². The number of halogens is 1. The first-order valence-electron chi connectivity index (χ1n) is 24.1. The van der Waals surface area contributed by atoms with Crippen molar-refractivity contribution >= 4 is 41.2 Å². The Balaban J connectivity index is 0.760. The summed E-state index contributed by atoms with van der Waals surface area (Å²) in [4.78, 5) is 59.1. The fraction of sp³-hybridized carbons (Fsp3) is 0.510. The maximum atomic E-state index is 14.2. The number of piperidine rings is 3. The predicted molar refractivity (Wildman–Crippen MR) is 261 cm³/mol. The maximum absolute atomic E-state index is 14.2. The van der Waals surface area contributed by atoms with E-state index in [-0.39, 0.29) is 55.9 Å². The first kappa shape index (κ1) is 48.0. The molecule has 0 bridgehead atoms. The number of aliphatic hydroxyl groups is 2. The van der Waals surface area contributed by atoms with Gasteiger partial charge in [0.05, 0.1) is 24.4 Å². The number of likely N-dealkylation sites (tertiary alicyclic amines) is 3. The molecule has 7 heterocycles. The van der Waals surface area contributed by atoms with Gasteiger partial charge < -0.3 is 50.9 Å². The van der Waals surface area contributed by atoms with E-state index in [1.807, 2.05) is 51.4 Å². The summed E-state index contributed by atoms with van der Waals surface area (Å²) in [7, 11) is 0. The van der Waals surface area contributed by atoms with Crippen LogP contribution < -0.4 is 20.9 Å². The second-order valence-corrected chi connectivity index (χ2v) is 20.6. The standard InChI is InChI=1S/C51H62ClN11O6/c1-5-30-10-11-32(38(52)22-30)25-53-47(67)41-23-35(65)28-63(41)48(68)45(51(2,3)4)57-50(69)61-19-14-34(15-20-61)60-17-12-31(13-18-60)33-26-54-49(55-27-33)62-21-16-39-44(42(62)29-64)37-24-40(58-59-46(37)56-39)36-8-6-7-9-43(36)66/h1,6-11,22,24,26-27,31,34-35,39,41-42,44-45,64-66H,12-21,23,25,28-29H2,2-4H3,(H,53,67)(H,56,59)(H,57,69)/t35-,39?,41+,42-,44?,45-/m1/s1. The smallest absolute Gasteiger partial charge is 0.318 e. The molecule has 2 aromatic heterocycles. The number of nitrogens with zero attached hydrogens (tertiary/aromatic N) is 8. The van der Waals surface area contributed by atoms with Gasteiger partial charge in [-0.15, -0.1) is 16.6 Å². The highest BCUT2D eigenvalue weighted by atomic mass is 35.5. The van der Waals surface area contributed by atoms with E-state index in [2.05, 4.69) is 41.9 Å². The van der Waals surface area contributed by atoms with Crippen LogP contribution >= 0.6 is 11.6 Å². The van der Waals surface area contributed by atoms with Crippen molar-refractivity contribution in [3.05, 3.63) is 88.2 Å². The maximum Gasteiger partial charge on any atom is 0.318 e. The molecule has 2 unspecified atom stereocenters. The van der Waals surface area contributed by atoms with Gasteiger partial charge >= 0.3 is 6.03 Å². The summed E-state index contributed by atoms with van der Waals surface area (Å²) in [6.45, 7) is 9.28. The van der Waals surface area contributed by atoms with Crippen LogP contribution in [0.5, 0.6) is 5.75 Å². The number of phenolic OH excluding ortho intramolecular Hbond substituents is 1. The Labute approximate surface area is 408 Å². The van der Waals surface area contributed by atoms with Gasteiger partial charge in [0.25, 0.3) is 0 Å². The molecule has 5 aliphatic heterocycles. The van der Waals surface area contributed by atoms with Crippen LogP contribution in [0.25, 0.3) is 11.3 Å². The number of carbonyl (C=O) groups excluding carboxylic acids is 3. The van der Waals surface area contributed by atoms with Gasteiger partial charge in [-0.1, -0.05) is 56.5 Å². The van der Waals surface area contributed by atoms with Gasteiger partial charge in [0.2, 0.25) is 17.8 Å². The number of carbonyl (C=O) groups is 3. The molecule has 6 atom stereocenters. The van der Waals surface area contributed by atoms with Gasteiger partial charge in [0, 0.05) is 91.3 Å². The van der Waals surface area contributed by atoms with E-state index in [1.165, 1.54) is 4.90 Å². The second kappa shape index (κ2) is 20.1. The monoisotopic (exact) mass is 959 g/mol. The van der Waals surface area contributed by atoms with E-state index in [0.717, 1.165) is 56.3 Å². The van der Waals surface area contributed by atoms with E-state index >= 15 is 0 Å². The normalized spacial score (nSPS) is 23.7. The average Bonchev–Trinajstić information content (AvgIpc) is 3.94. The second-order valence-electron chi connectivity index (χ2n) is 20.2. The Morgan fingerprint density at radius 1 is 0.971 bits per heavy atom. The summed E-state index contributed by atoms with van der Waals surface area (Å²) >= 11 is 6.38. The van der Waals surface area contributed by atoms with Crippen LogP contribution in [0, 0.1) is 17.8 Å². The molecule has 0 spiro atoms. The number of aromatic nitrogens is 4. The lowest BCUT2D eigenvalue weighted by Gasteiger charge is -2.43. The Kier molecular flexibility index (Phi) is 14.0. The third-order valence-electron chi connectivity index (χ3n) is 14.9. The van der Waals surface area contributed by atoms with Crippen LogP contribution in [-0.4, -0.2) is 150 Å². The summed E-state index contributed by atoms with van der Waals surface area (Å²) < 4.78 is 0. The molecule has 0 aliphatic carbocycles. The number of rotatable bonds is 10. The molecule has 0 radical (unpaired) electrons. The van der Waals surface area contributed by atoms with Crippen molar-refractivity contribution in [2.45, 2.75) is 114 Å². The largest absolute Gasteiger partial charge is 0.507 e. The third-order valence-corrected chi connectivity index (χ3v) is 15.3. The zero-order chi connectivity index (χ0) is 48.6. The Morgan fingerprint density at radius 3 is 2.39 bits per heavy atom. The van der Waals surface area contributed by atoms with Gasteiger partial charge in [0.1, 0.15) is 17.8 Å². The third kappa shape index (κ3) is 10.0. The fourth-order valence-corrected chi connectivity index (χ4v) is 11.3. The van der Waals surface area contributed by atoms with Crippen LogP contribution in [0.2, 0.25) is 5.02 Å². The van der Waals surface area contributed by atoms with Crippen LogP contribution in [-0.2, 0) is 16.1 Å². The van der Waals surface area contributed by atoms with Gasteiger partial charge in [-0.3, -0.25) is 9.59 Å². The number of β-amino-alcohol motifs (C(OH)–C–C–N with tert-alkyl or cyclic N) is 1. The summed E-state index contributed by atoms with van der Waals surface area (Å²) in [5.74, 6) is 3.38. The number of phenols is 1. The minimum atomic E-state index is -0.933. The molecule has 364 valence electrons. The predicted octanol–water partition coefficient (Wildman–Crippen LogP) is 4.47. The van der Waals surface area contributed by atoms with Gasteiger partial charge in [0.15, 0.2) is 5.82 Å². The van der Waals surface area contributed by atoms with Crippen LogP contribution in [0.3, 0.4) is 0 Å². The lowest BCUT2D eigenvalue weighted by molar-refractivity contribution is -0.142. The molecule has 17 nitrogen and oxygen atoms in total. The van der Waals surface area contributed by atoms with Crippen molar-refractivity contribution in [1.82, 2.24) is 45.5 Å². The highest BCUT2D eigenvalue weighted by Gasteiger charge is 2.47. The molecular formula is C51H62ClN11O6. The van der Waals surface area contributed by atoms with Crippen LogP contribution in [0.15, 0.2) is 60.9 Å². The first-order valence-corrected chi connectivity index (χ1v) is 24.5. The Bertz CT molecular complexity index is 2570. The lowest BCUT2D eigenvalue weighted by atomic mass is 9.82.